The second-order valence-electron chi connectivity index (χ2n) is 5.12. The number of halogens is 1. The van der Waals surface area contributed by atoms with Gasteiger partial charge >= 0.3 is 6.09 Å². The number of hydrogen-bond donors (Lipinski definition) is 1. The van der Waals surface area contributed by atoms with Crippen LogP contribution in [0.1, 0.15) is 27.2 Å². The van der Waals surface area contributed by atoms with Crippen LogP contribution in [0.2, 0.25) is 0 Å². The van der Waals surface area contributed by atoms with Gasteiger partial charge < -0.3 is 10.1 Å². The Balaban J connectivity index is 2.64. The van der Waals surface area contributed by atoms with Gasteiger partial charge in [0.15, 0.2) is 15.6 Å². The Morgan fingerprint density at radius 2 is 2.00 bits per heavy atom. The molecule has 0 aromatic rings. The molecular weight excluding hydrogens is 282 g/mol. The van der Waals surface area contributed by atoms with E-state index >= 15 is 0 Å². The molecule has 0 aromatic carbocycles. The van der Waals surface area contributed by atoms with Crippen LogP contribution in [-0.4, -0.2) is 42.4 Å². The van der Waals surface area contributed by atoms with E-state index in [0.717, 1.165) is 0 Å². The number of carbonyl (C=O) groups is 2. The first-order valence-corrected chi connectivity index (χ1v) is 7.54. The van der Waals surface area contributed by atoms with E-state index in [-0.39, 0.29) is 6.42 Å². The molecule has 0 saturated carbocycles. The number of amides is 1. The molecule has 8 heteroatoms. The zero-order chi connectivity index (χ0) is 14.1. The van der Waals surface area contributed by atoms with Crippen LogP contribution >= 0.6 is 11.6 Å². The van der Waals surface area contributed by atoms with Crippen LogP contribution in [0.3, 0.4) is 0 Å². The van der Waals surface area contributed by atoms with Gasteiger partial charge in [0.1, 0.15) is 16.1 Å². The minimum atomic E-state index is -3.59. The average molecular weight is 298 g/mol. The van der Waals surface area contributed by atoms with Crippen molar-refractivity contribution in [2.24, 2.45) is 0 Å². The highest BCUT2D eigenvalue weighted by Gasteiger charge is 2.39. The fraction of sp³-hybridized carbons (Fsp3) is 0.800. The molecule has 0 bridgehead atoms. The highest BCUT2D eigenvalue weighted by Crippen LogP contribution is 2.21. The molecule has 0 aromatic heterocycles. The molecule has 0 radical (unpaired) electrons. The number of ether oxygens (including phenoxy) is 1. The summed E-state index contributed by atoms with van der Waals surface area (Å²) in [5.41, 5.74) is -0.686. The summed E-state index contributed by atoms with van der Waals surface area (Å²) in [7, 11) is -3.59. The largest absolute Gasteiger partial charge is 0.444 e. The lowest BCUT2D eigenvalue weighted by Crippen LogP contribution is -2.51. The first-order valence-electron chi connectivity index (χ1n) is 5.39. The molecular formula is C10H16ClNO5S. The standard InChI is InChI=1S/C10H16ClNO5S/c1-10(2,3)17-9(14)12-6-4-8(11)18(15,16)5-7(6)13/h6,8H,4-5H2,1-3H3,(H,12,14)/t6-,8?/m0/s1. The zero-order valence-corrected chi connectivity index (χ0v) is 12.0. The van der Waals surface area contributed by atoms with Gasteiger partial charge in [0.05, 0.1) is 6.04 Å². The quantitative estimate of drug-likeness (QED) is 0.724. The molecule has 0 spiro atoms. The van der Waals surface area contributed by atoms with E-state index in [1.54, 1.807) is 20.8 Å². The number of rotatable bonds is 1. The van der Waals surface area contributed by atoms with E-state index in [4.69, 9.17) is 16.3 Å². The number of carbonyl (C=O) groups excluding carboxylic acids is 2. The molecule has 1 rings (SSSR count). The first kappa shape index (κ1) is 15.2. The minimum absolute atomic E-state index is 0.137. The molecule has 18 heavy (non-hydrogen) atoms. The highest BCUT2D eigenvalue weighted by atomic mass is 35.5. The van der Waals surface area contributed by atoms with Crippen LogP contribution in [0.25, 0.3) is 0 Å². The summed E-state index contributed by atoms with van der Waals surface area (Å²) in [4.78, 5) is 23.0. The van der Waals surface area contributed by atoms with Gasteiger partial charge in [-0.25, -0.2) is 13.2 Å². The number of alkyl halides is 1. The van der Waals surface area contributed by atoms with Crippen molar-refractivity contribution < 1.29 is 22.7 Å². The molecule has 1 saturated heterocycles. The van der Waals surface area contributed by atoms with E-state index in [9.17, 15) is 18.0 Å². The predicted molar refractivity (Wildman–Crippen MR) is 66.2 cm³/mol. The zero-order valence-electron chi connectivity index (χ0n) is 10.4. The fourth-order valence-corrected chi connectivity index (χ4v) is 3.07. The van der Waals surface area contributed by atoms with Gasteiger partial charge in [-0.1, -0.05) is 0 Å². The Morgan fingerprint density at radius 1 is 1.44 bits per heavy atom. The molecule has 1 aliphatic heterocycles. The maximum absolute atomic E-state index is 11.5. The van der Waals surface area contributed by atoms with Crippen LogP contribution in [-0.2, 0) is 19.4 Å². The van der Waals surface area contributed by atoms with E-state index in [2.05, 4.69) is 5.32 Å². The van der Waals surface area contributed by atoms with Gasteiger partial charge in [-0.15, -0.1) is 11.6 Å². The molecule has 1 unspecified atom stereocenters. The molecule has 1 N–H and O–H groups in total. The normalized spacial score (nSPS) is 27.7. The summed E-state index contributed by atoms with van der Waals surface area (Å²) in [6.07, 6.45) is -0.897. The summed E-state index contributed by atoms with van der Waals surface area (Å²) < 4.78 is 26.5. The number of Topliss-reactive ketones (excluding diaryl/α,β-unsaturated/α-hetero) is 1. The average Bonchev–Trinajstić information content (AvgIpc) is 2.10. The lowest BCUT2D eigenvalue weighted by Gasteiger charge is -2.27. The smallest absolute Gasteiger partial charge is 0.408 e. The van der Waals surface area contributed by atoms with Crippen molar-refractivity contribution >= 4 is 33.3 Å². The topological polar surface area (TPSA) is 89.5 Å². The lowest BCUT2D eigenvalue weighted by molar-refractivity contribution is -0.119. The first-order chi connectivity index (χ1) is 8.01. The molecule has 1 fully saturated rings. The van der Waals surface area contributed by atoms with E-state index < -0.39 is 43.8 Å². The number of hydrogen-bond acceptors (Lipinski definition) is 5. The van der Waals surface area contributed by atoms with Crippen LogP contribution in [0, 0.1) is 0 Å². The Kier molecular flexibility index (Phi) is 4.27. The third-order valence-electron chi connectivity index (χ3n) is 2.23. The Hall–Kier alpha value is -0.820. The highest BCUT2D eigenvalue weighted by molar-refractivity contribution is 7.94. The molecule has 2 atom stereocenters. The van der Waals surface area contributed by atoms with Crippen molar-refractivity contribution in [1.82, 2.24) is 5.32 Å². The van der Waals surface area contributed by atoms with Gasteiger partial charge in [-0.05, 0) is 20.8 Å². The van der Waals surface area contributed by atoms with Crippen molar-refractivity contribution in [2.75, 3.05) is 5.75 Å². The van der Waals surface area contributed by atoms with Crippen LogP contribution < -0.4 is 5.32 Å². The van der Waals surface area contributed by atoms with Gasteiger partial charge in [0.25, 0.3) is 0 Å². The molecule has 1 amide bonds. The third kappa shape index (κ3) is 4.13. The molecule has 104 valence electrons. The van der Waals surface area contributed by atoms with Crippen LogP contribution in [0.15, 0.2) is 0 Å². The van der Waals surface area contributed by atoms with Crippen molar-refractivity contribution in [3.05, 3.63) is 0 Å². The number of alkyl carbamates (subject to hydrolysis) is 1. The minimum Gasteiger partial charge on any atom is -0.444 e. The molecule has 0 aliphatic carbocycles. The van der Waals surface area contributed by atoms with Crippen molar-refractivity contribution in [3.63, 3.8) is 0 Å². The predicted octanol–water partition coefficient (Wildman–Crippen LogP) is 0.832. The SMILES string of the molecule is CC(C)(C)OC(=O)N[C@H]1CC(Cl)S(=O)(=O)CC1=O. The van der Waals surface area contributed by atoms with Crippen LogP contribution in [0.5, 0.6) is 0 Å². The Morgan fingerprint density at radius 3 is 2.50 bits per heavy atom. The van der Waals surface area contributed by atoms with Gasteiger partial charge in [0.2, 0.25) is 0 Å². The van der Waals surface area contributed by atoms with Crippen molar-refractivity contribution in [1.29, 1.82) is 0 Å². The van der Waals surface area contributed by atoms with E-state index in [1.165, 1.54) is 0 Å². The van der Waals surface area contributed by atoms with Crippen LogP contribution in [0.4, 0.5) is 4.79 Å². The second kappa shape index (κ2) is 5.05. The monoisotopic (exact) mass is 297 g/mol. The summed E-state index contributed by atoms with van der Waals surface area (Å²) in [6, 6.07) is -0.911. The number of ketones is 1. The molecule has 1 aliphatic rings. The second-order valence-corrected chi connectivity index (χ2v) is 8.09. The Bertz CT molecular complexity index is 453. The maximum Gasteiger partial charge on any atom is 0.408 e. The Labute approximate surface area is 111 Å². The third-order valence-corrected chi connectivity index (χ3v) is 4.88. The number of nitrogens with one attached hydrogen (secondary N) is 1. The summed E-state index contributed by atoms with van der Waals surface area (Å²) in [6.45, 7) is 5.05. The molecule has 1 heterocycles. The fourth-order valence-electron chi connectivity index (χ4n) is 1.44. The van der Waals surface area contributed by atoms with Gasteiger partial charge in [-0.2, -0.15) is 0 Å². The summed E-state index contributed by atoms with van der Waals surface area (Å²) in [5.74, 6) is -1.22. The van der Waals surface area contributed by atoms with E-state index in [1.807, 2.05) is 0 Å². The van der Waals surface area contributed by atoms with Gasteiger partial charge in [-0.3, -0.25) is 4.79 Å². The van der Waals surface area contributed by atoms with Gasteiger partial charge in [0, 0.05) is 6.42 Å². The summed E-state index contributed by atoms with van der Waals surface area (Å²) >= 11 is 5.65. The number of sulfone groups is 1. The summed E-state index contributed by atoms with van der Waals surface area (Å²) in [5, 5.41) is 2.33. The maximum atomic E-state index is 11.5. The molecule has 6 nitrogen and oxygen atoms in total. The van der Waals surface area contributed by atoms with Crippen molar-refractivity contribution in [3.8, 4) is 0 Å². The lowest BCUT2D eigenvalue weighted by atomic mass is 10.1. The van der Waals surface area contributed by atoms with Crippen molar-refractivity contribution in [2.45, 2.75) is 43.5 Å². The van der Waals surface area contributed by atoms with E-state index in [0.29, 0.717) is 0 Å².